The van der Waals surface area contributed by atoms with E-state index in [0.717, 1.165) is 12.1 Å². The minimum Gasteiger partial charge on any atom is -0.465 e. The molecule has 0 aliphatic heterocycles. The Kier molecular flexibility index (Phi) is 3.02. The molecule has 0 bridgehead atoms. The van der Waals surface area contributed by atoms with Gasteiger partial charge in [0.2, 0.25) is 0 Å². The second-order valence-electron chi connectivity index (χ2n) is 2.17. The summed E-state index contributed by atoms with van der Waals surface area (Å²) >= 11 is 1.73. The Balaban J connectivity index is 3.13. The van der Waals surface area contributed by atoms with Crippen LogP contribution in [0.1, 0.15) is 0 Å². The van der Waals surface area contributed by atoms with Crippen molar-refractivity contribution in [2.24, 2.45) is 0 Å². The molecular formula is C7H4F2INO2. The number of nitrogens with one attached hydrogen (secondary N) is 1. The molecule has 70 valence electrons. The van der Waals surface area contributed by atoms with Crippen LogP contribution < -0.4 is 5.32 Å². The molecule has 0 saturated heterocycles. The van der Waals surface area contributed by atoms with Crippen molar-refractivity contribution < 1.29 is 18.7 Å². The first-order valence-electron chi connectivity index (χ1n) is 3.15. The van der Waals surface area contributed by atoms with Crippen LogP contribution in [0.25, 0.3) is 0 Å². The summed E-state index contributed by atoms with van der Waals surface area (Å²) in [4.78, 5) is 10.1. The van der Waals surface area contributed by atoms with E-state index >= 15 is 0 Å². The van der Waals surface area contributed by atoms with Crippen molar-refractivity contribution in [2.45, 2.75) is 0 Å². The van der Waals surface area contributed by atoms with E-state index in [2.05, 4.69) is 0 Å². The molecule has 0 aliphatic rings. The summed E-state index contributed by atoms with van der Waals surface area (Å²) < 4.78 is 26.2. The second-order valence-corrected chi connectivity index (χ2v) is 3.42. The van der Waals surface area contributed by atoms with Gasteiger partial charge in [0.05, 0.1) is 0 Å². The number of rotatable bonds is 1. The van der Waals surface area contributed by atoms with Gasteiger partial charge in [0, 0.05) is 3.57 Å². The maximum atomic E-state index is 12.9. The molecule has 0 fully saturated rings. The molecule has 1 aromatic carbocycles. The number of amides is 1. The average Bonchev–Trinajstić information content (AvgIpc) is 1.96. The van der Waals surface area contributed by atoms with E-state index in [-0.39, 0.29) is 0 Å². The van der Waals surface area contributed by atoms with Gasteiger partial charge in [-0.3, -0.25) is 5.32 Å². The van der Waals surface area contributed by atoms with Crippen LogP contribution in [-0.2, 0) is 0 Å². The third kappa shape index (κ3) is 2.51. The molecule has 0 heterocycles. The zero-order valence-electron chi connectivity index (χ0n) is 6.14. The van der Waals surface area contributed by atoms with Gasteiger partial charge in [-0.2, -0.15) is 0 Å². The molecule has 0 saturated carbocycles. The lowest BCUT2D eigenvalue weighted by Crippen LogP contribution is -2.10. The van der Waals surface area contributed by atoms with Crippen molar-refractivity contribution in [3.05, 3.63) is 27.3 Å². The highest BCUT2D eigenvalue weighted by molar-refractivity contribution is 14.1. The molecule has 0 radical (unpaired) electrons. The molecule has 1 rings (SSSR count). The predicted octanol–water partition coefficient (Wildman–Crippen LogP) is 2.66. The highest BCUT2D eigenvalue weighted by Gasteiger charge is 2.12. The van der Waals surface area contributed by atoms with Crippen molar-refractivity contribution in [2.75, 3.05) is 5.32 Å². The van der Waals surface area contributed by atoms with E-state index < -0.39 is 23.4 Å². The Morgan fingerprint density at radius 3 is 2.23 bits per heavy atom. The molecule has 1 amide bonds. The van der Waals surface area contributed by atoms with E-state index in [9.17, 15) is 13.6 Å². The average molecular weight is 299 g/mol. The number of hydrogen-bond acceptors (Lipinski definition) is 1. The Bertz CT molecular complexity index is 333. The number of anilines is 1. The third-order valence-corrected chi connectivity index (χ3v) is 1.86. The Labute approximate surface area is 85.9 Å². The summed E-state index contributed by atoms with van der Waals surface area (Å²) in [6.07, 6.45) is -1.50. The van der Waals surface area contributed by atoms with Crippen LogP contribution in [0.3, 0.4) is 0 Å². The van der Waals surface area contributed by atoms with Gasteiger partial charge in [-0.25, -0.2) is 13.6 Å². The van der Waals surface area contributed by atoms with Crippen molar-refractivity contribution in [1.29, 1.82) is 0 Å². The lowest BCUT2D eigenvalue weighted by molar-refractivity contribution is 0.209. The number of halogens is 3. The molecule has 1 aromatic rings. The van der Waals surface area contributed by atoms with Crippen molar-refractivity contribution in [3.63, 3.8) is 0 Å². The normalized spacial score (nSPS) is 9.77. The summed E-state index contributed by atoms with van der Waals surface area (Å²) in [5, 5.41) is 9.87. The van der Waals surface area contributed by atoms with Gasteiger partial charge < -0.3 is 5.11 Å². The van der Waals surface area contributed by atoms with E-state index in [1.165, 1.54) is 0 Å². The number of benzene rings is 1. The fraction of sp³-hybridized carbons (Fsp3) is 0. The molecule has 6 heteroatoms. The van der Waals surface area contributed by atoms with Crippen LogP contribution in [0.2, 0.25) is 0 Å². The van der Waals surface area contributed by atoms with Gasteiger partial charge in [0.15, 0.2) is 11.6 Å². The lowest BCUT2D eigenvalue weighted by atomic mass is 10.3. The van der Waals surface area contributed by atoms with E-state index in [1.807, 2.05) is 0 Å². The van der Waals surface area contributed by atoms with Crippen LogP contribution in [-0.4, -0.2) is 11.2 Å². The SMILES string of the molecule is O=C(O)Nc1c(F)cc(I)cc1F. The van der Waals surface area contributed by atoms with Gasteiger partial charge in [-0.15, -0.1) is 0 Å². The van der Waals surface area contributed by atoms with Gasteiger partial charge in [0.1, 0.15) is 5.69 Å². The molecule has 0 atom stereocenters. The van der Waals surface area contributed by atoms with E-state index in [1.54, 1.807) is 27.9 Å². The highest BCUT2D eigenvalue weighted by Crippen LogP contribution is 2.21. The fourth-order valence-electron chi connectivity index (χ4n) is 0.769. The molecular weight excluding hydrogens is 295 g/mol. The molecule has 0 aromatic heterocycles. The van der Waals surface area contributed by atoms with Crippen LogP contribution in [0, 0.1) is 15.2 Å². The third-order valence-electron chi connectivity index (χ3n) is 1.24. The van der Waals surface area contributed by atoms with Crippen LogP contribution in [0.5, 0.6) is 0 Å². The Morgan fingerprint density at radius 1 is 1.38 bits per heavy atom. The Morgan fingerprint density at radius 2 is 1.85 bits per heavy atom. The maximum Gasteiger partial charge on any atom is 0.409 e. The minimum atomic E-state index is -1.50. The highest BCUT2D eigenvalue weighted by atomic mass is 127. The monoisotopic (exact) mass is 299 g/mol. The smallest absolute Gasteiger partial charge is 0.409 e. The number of carboxylic acid groups (broad SMARTS) is 1. The number of carbonyl (C=O) groups is 1. The summed E-state index contributed by atoms with van der Waals surface area (Å²) in [6.45, 7) is 0. The summed E-state index contributed by atoms with van der Waals surface area (Å²) in [5.41, 5.74) is -0.645. The van der Waals surface area contributed by atoms with Crippen LogP contribution >= 0.6 is 22.6 Å². The molecule has 0 aliphatic carbocycles. The zero-order valence-corrected chi connectivity index (χ0v) is 8.30. The maximum absolute atomic E-state index is 12.9. The quantitative estimate of drug-likeness (QED) is 0.783. The zero-order chi connectivity index (χ0) is 10.0. The fourth-order valence-corrected chi connectivity index (χ4v) is 1.32. The van der Waals surface area contributed by atoms with Gasteiger partial charge in [0.25, 0.3) is 0 Å². The van der Waals surface area contributed by atoms with Gasteiger partial charge >= 0.3 is 6.09 Å². The molecule has 2 N–H and O–H groups in total. The molecule has 3 nitrogen and oxygen atoms in total. The van der Waals surface area contributed by atoms with Gasteiger partial charge in [-0.1, -0.05) is 0 Å². The van der Waals surface area contributed by atoms with Crippen molar-refractivity contribution >= 4 is 34.4 Å². The Hall–Kier alpha value is -0.920. The van der Waals surface area contributed by atoms with Crippen molar-refractivity contribution in [3.8, 4) is 0 Å². The van der Waals surface area contributed by atoms with Gasteiger partial charge in [-0.05, 0) is 34.7 Å². The minimum absolute atomic E-state index is 0.364. The van der Waals surface area contributed by atoms with Crippen LogP contribution in [0.15, 0.2) is 12.1 Å². The van der Waals surface area contributed by atoms with Crippen molar-refractivity contribution in [1.82, 2.24) is 0 Å². The number of hydrogen-bond donors (Lipinski definition) is 2. The molecule has 0 unspecified atom stereocenters. The second kappa shape index (κ2) is 3.86. The summed E-state index contributed by atoms with van der Waals surface area (Å²) in [7, 11) is 0. The first kappa shape index (κ1) is 10.2. The first-order chi connectivity index (χ1) is 6.00. The molecule has 13 heavy (non-hydrogen) atoms. The molecule has 0 spiro atoms. The lowest BCUT2D eigenvalue weighted by Gasteiger charge is -2.04. The van der Waals surface area contributed by atoms with Crippen LogP contribution in [0.4, 0.5) is 19.3 Å². The first-order valence-corrected chi connectivity index (χ1v) is 4.23. The summed E-state index contributed by atoms with van der Waals surface area (Å²) in [5.74, 6) is -1.85. The van der Waals surface area contributed by atoms with E-state index in [0.29, 0.717) is 3.57 Å². The standard InChI is InChI=1S/C7H4F2INO2/c8-4-1-3(10)2-5(9)6(4)11-7(12)13/h1-2,11H,(H,12,13). The largest absolute Gasteiger partial charge is 0.465 e. The predicted molar refractivity (Wildman–Crippen MR) is 50.7 cm³/mol. The topological polar surface area (TPSA) is 49.3 Å². The summed E-state index contributed by atoms with van der Waals surface area (Å²) in [6, 6.07) is 2.07. The van der Waals surface area contributed by atoms with E-state index in [4.69, 9.17) is 5.11 Å².